The van der Waals surface area contributed by atoms with Gasteiger partial charge in [0, 0.05) is 0 Å². The van der Waals surface area contributed by atoms with Gasteiger partial charge in [0.25, 0.3) is 0 Å². The summed E-state index contributed by atoms with van der Waals surface area (Å²) in [6.07, 6.45) is 0. The van der Waals surface area contributed by atoms with Crippen LogP contribution in [0.5, 0.6) is 0 Å². The summed E-state index contributed by atoms with van der Waals surface area (Å²) in [6.45, 7) is 4.29. The molecule has 2 aromatic carbocycles. The van der Waals surface area contributed by atoms with Gasteiger partial charge in [-0.1, -0.05) is 0 Å². The van der Waals surface area contributed by atoms with Gasteiger partial charge >= 0.3 is 104 Å². The van der Waals surface area contributed by atoms with Gasteiger partial charge in [-0.15, -0.1) is 0 Å². The summed E-state index contributed by atoms with van der Waals surface area (Å²) in [6, 6.07) is 18.1. The summed E-state index contributed by atoms with van der Waals surface area (Å²) in [4.78, 5) is 0. The Morgan fingerprint density at radius 3 is 1.27 bits per heavy atom. The molecule has 72 valence electrons. The Balaban J connectivity index is 2.15. The van der Waals surface area contributed by atoms with E-state index in [1.165, 1.54) is 11.1 Å². The molecule has 0 nitrogen and oxygen atoms in total. The van der Waals surface area contributed by atoms with Crippen molar-refractivity contribution in [3.8, 4) is 0 Å². The van der Waals surface area contributed by atoms with Crippen LogP contribution in [0.1, 0.15) is 11.1 Å². The summed E-state index contributed by atoms with van der Waals surface area (Å²) in [5, 5.41) is 0. The monoisotopic (exact) mass is 384 g/mol. The van der Waals surface area contributed by atoms with Crippen LogP contribution in [0.25, 0.3) is 0 Å². The third kappa shape index (κ3) is 3.17. The van der Waals surface area contributed by atoms with Gasteiger partial charge in [0.15, 0.2) is 0 Å². The van der Waals surface area contributed by atoms with E-state index in [2.05, 4.69) is 62.4 Å². The van der Waals surface area contributed by atoms with Crippen molar-refractivity contribution < 1.29 is 24.6 Å². The zero-order valence-electron chi connectivity index (χ0n) is 9.33. The first-order valence-corrected chi connectivity index (χ1v) is 10.8. The number of rotatable bonds is 2. The first-order chi connectivity index (χ1) is 7.24. The Kier molecular flexibility index (Phi) is 3.58. The molecule has 0 fully saturated rings. The molecule has 0 heterocycles. The number of hydrogen-bond donors (Lipinski definition) is 0. The maximum absolute atomic E-state index is 2.30. The molecule has 0 atom stereocenters. The molecule has 1 heteroatoms. The zero-order chi connectivity index (χ0) is 10.7. The minimum absolute atomic E-state index is 1.04. The van der Waals surface area contributed by atoms with Gasteiger partial charge < -0.3 is 0 Å². The molecular formula is C14H14Hg. The van der Waals surface area contributed by atoms with Crippen LogP contribution in [0.15, 0.2) is 48.5 Å². The first kappa shape index (κ1) is 10.9. The van der Waals surface area contributed by atoms with E-state index in [4.69, 9.17) is 0 Å². The fourth-order valence-corrected chi connectivity index (χ4v) is 7.15. The fourth-order valence-electron chi connectivity index (χ4n) is 1.65. The van der Waals surface area contributed by atoms with Crippen molar-refractivity contribution in [2.75, 3.05) is 0 Å². The Labute approximate surface area is 104 Å². The summed E-state index contributed by atoms with van der Waals surface area (Å²) in [5.41, 5.74) is 2.71. The van der Waals surface area contributed by atoms with E-state index in [0.717, 1.165) is 0 Å². The summed E-state index contributed by atoms with van der Waals surface area (Å²) in [7, 11) is 0. The van der Waals surface area contributed by atoms with E-state index in [0.29, 0.717) is 0 Å². The van der Waals surface area contributed by atoms with Crippen molar-refractivity contribution in [2.45, 2.75) is 13.8 Å². The van der Waals surface area contributed by atoms with Crippen LogP contribution in [0.2, 0.25) is 0 Å². The Morgan fingerprint density at radius 1 is 0.600 bits per heavy atom. The van der Waals surface area contributed by atoms with Crippen molar-refractivity contribution >= 4 is 6.14 Å². The predicted molar refractivity (Wildman–Crippen MR) is 61.6 cm³/mol. The summed E-state index contributed by atoms with van der Waals surface area (Å²) >= 11 is -1.04. The zero-order valence-corrected chi connectivity index (χ0v) is 14.8. The second kappa shape index (κ2) is 4.93. The molecule has 0 saturated heterocycles. The minimum atomic E-state index is -1.04. The van der Waals surface area contributed by atoms with Crippen molar-refractivity contribution in [3.05, 3.63) is 59.7 Å². The van der Waals surface area contributed by atoms with Crippen LogP contribution in [-0.4, -0.2) is 0 Å². The van der Waals surface area contributed by atoms with Crippen LogP contribution in [0.4, 0.5) is 0 Å². The topological polar surface area (TPSA) is 0 Å². The quantitative estimate of drug-likeness (QED) is 0.699. The van der Waals surface area contributed by atoms with Crippen LogP contribution < -0.4 is 6.14 Å². The van der Waals surface area contributed by atoms with E-state index in [9.17, 15) is 0 Å². The Bertz CT molecular complexity index is 382. The molecular weight excluding hydrogens is 369 g/mol. The van der Waals surface area contributed by atoms with Gasteiger partial charge in [0.05, 0.1) is 0 Å². The first-order valence-electron chi connectivity index (χ1n) is 5.35. The third-order valence-corrected chi connectivity index (χ3v) is 9.49. The molecule has 0 aliphatic heterocycles. The molecule has 2 aromatic rings. The molecule has 0 bridgehead atoms. The second-order valence-corrected chi connectivity index (χ2v) is 11.9. The SMILES string of the molecule is Cc1cc[c]([Hg][c]2ccc(C)cc2)cc1. The van der Waals surface area contributed by atoms with Gasteiger partial charge in [-0.05, 0) is 0 Å². The molecule has 0 aliphatic rings. The van der Waals surface area contributed by atoms with E-state index < -0.39 is 24.6 Å². The number of benzene rings is 2. The molecule has 0 aliphatic carbocycles. The van der Waals surface area contributed by atoms with Crippen LogP contribution in [0, 0.1) is 13.8 Å². The molecule has 0 radical (unpaired) electrons. The van der Waals surface area contributed by atoms with Crippen molar-refractivity contribution in [1.82, 2.24) is 0 Å². The molecule has 0 amide bonds. The number of hydrogen-bond acceptors (Lipinski definition) is 0. The average molecular weight is 383 g/mol. The van der Waals surface area contributed by atoms with Crippen LogP contribution in [0.3, 0.4) is 0 Å². The van der Waals surface area contributed by atoms with Crippen molar-refractivity contribution in [1.29, 1.82) is 0 Å². The molecule has 0 N–H and O–H groups in total. The predicted octanol–water partition coefficient (Wildman–Crippen LogP) is 2.34. The number of aryl methyl sites for hydroxylation is 2. The summed E-state index contributed by atoms with van der Waals surface area (Å²) < 4.78 is 3.20. The molecule has 0 unspecified atom stereocenters. The van der Waals surface area contributed by atoms with Gasteiger partial charge in [0.2, 0.25) is 0 Å². The fraction of sp³-hybridized carbons (Fsp3) is 0.143. The maximum atomic E-state index is 2.30. The molecule has 2 rings (SSSR count). The van der Waals surface area contributed by atoms with Crippen molar-refractivity contribution in [2.24, 2.45) is 0 Å². The van der Waals surface area contributed by atoms with E-state index >= 15 is 0 Å². The van der Waals surface area contributed by atoms with Crippen LogP contribution in [-0.2, 0) is 24.6 Å². The average Bonchev–Trinajstić information content (AvgIpc) is 2.25. The third-order valence-electron chi connectivity index (χ3n) is 2.65. The molecule has 0 aromatic heterocycles. The van der Waals surface area contributed by atoms with E-state index in [1.54, 1.807) is 6.14 Å². The van der Waals surface area contributed by atoms with Crippen LogP contribution >= 0.6 is 0 Å². The molecule has 15 heavy (non-hydrogen) atoms. The molecule has 0 saturated carbocycles. The van der Waals surface area contributed by atoms with E-state index in [-0.39, 0.29) is 0 Å². The van der Waals surface area contributed by atoms with Gasteiger partial charge in [-0.2, -0.15) is 0 Å². The molecule has 0 spiro atoms. The van der Waals surface area contributed by atoms with Crippen molar-refractivity contribution in [3.63, 3.8) is 0 Å². The van der Waals surface area contributed by atoms with Gasteiger partial charge in [0.1, 0.15) is 0 Å². The standard InChI is InChI=1S/2C7H7.Hg/c2*1-7-5-3-2-4-6-7;/h2*3-6H,1H3;. The van der Waals surface area contributed by atoms with Gasteiger partial charge in [-0.3, -0.25) is 0 Å². The van der Waals surface area contributed by atoms with Gasteiger partial charge in [-0.25, -0.2) is 0 Å². The second-order valence-electron chi connectivity index (χ2n) is 4.15. The summed E-state index contributed by atoms with van der Waals surface area (Å²) in [5.74, 6) is 0. The van der Waals surface area contributed by atoms with E-state index in [1.807, 2.05) is 0 Å². The normalized spacial score (nSPS) is 9.73. The Morgan fingerprint density at radius 2 is 0.933 bits per heavy atom. The Hall–Kier alpha value is -0.625.